The summed E-state index contributed by atoms with van der Waals surface area (Å²) >= 11 is 0. The van der Waals surface area contributed by atoms with Gasteiger partial charge in [0.2, 0.25) is 11.8 Å². The van der Waals surface area contributed by atoms with Crippen LogP contribution in [-0.2, 0) is 22.7 Å². The number of benzene rings is 1. The molecule has 130 valence electrons. The van der Waals surface area contributed by atoms with Crippen molar-refractivity contribution >= 4 is 22.8 Å². The summed E-state index contributed by atoms with van der Waals surface area (Å²) < 4.78 is 1.89. The SMILES string of the molecule is CC(=O)NCc1nc2ccccc2n1CC(=O)N(C(C)C)C(C)C. The maximum absolute atomic E-state index is 12.8. The van der Waals surface area contributed by atoms with Crippen molar-refractivity contribution in [3.8, 4) is 0 Å². The Bertz CT molecular complexity index is 726. The normalized spacial score (nSPS) is 11.3. The van der Waals surface area contributed by atoms with E-state index >= 15 is 0 Å². The zero-order chi connectivity index (χ0) is 17.9. The zero-order valence-corrected chi connectivity index (χ0v) is 15.0. The highest BCUT2D eigenvalue weighted by Gasteiger charge is 2.22. The molecule has 0 aliphatic carbocycles. The summed E-state index contributed by atoms with van der Waals surface area (Å²) in [6.45, 7) is 10.1. The molecule has 0 bridgehead atoms. The summed E-state index contributed by atoms with van der Waals surface area (Å²) in [7, 11) is 0. The van der Waals surface area contributed by atoms with E-state index in [9.17, 15) is 9.59 Å². The molecule has 0 radical (unpaired) electrons. The summed E-state index contributed by atoms with van der Waals surface area (Å²) in [5.41, 5.74) is 1.73. The Balaban J connectivity index is 2.36. The number of aromatic nitrogens is 2. The fraction of sp³-hybridized carbons (Fsp3) is 0.500. The van der Waals surface area contributed by atoms with Crippen LogP contribution in [0.1, 0.15) is 40.4 Å². The van der Waals surface area contributed by atoms with Gasteiger partial charge >= 0.3 is 0 Å². The lowest BCUT2D eigenvalue weighted by atomic mass is 10.2. The number of nitrogens with one attached hydrogen (secondary N) is 1. The first-order valence-electron chi connectivity index (χ1n) is 8.31. The molecule has 24 heavy (non-hydrogen) atoms. The molecule has 2 rings (SSSR count). The molecule has 0 unspecified atom stereocenters. The molecule has 0 saturated heterocycles. The van der Waals surface area contributed by atoms with Gasteiger partial charge in [0, 0.05) is 19.0 Å². The van der Waals surface area contributed by atoms with E-state index in [-0.39, 0.29) is 30.4 Å². The van der Waals surface area contributed by atoms with Crippen molar-refractivity contribution in [1.29, 1.82) is 0 Å². The highest BCUT2D eigenvalue weighted by Crippen LogP contribution is 2.17. The molecule has 2 amide bonds. The van der Waals surface area contributed by atoms with Crippen LogP contribution in [-0.4, -0.2) is 38.3 Å². The molecule has 1 aromatic heterocycles. The first-order valence-corrected chi connectivity index (χ1v) is 8.31. The predicted molar refractivity (Wildman–Crippen MR) is 94.4 cm³/mol. The third-order valence-corrected chi connectivity index (χ3v) is 3.92. The van der Waals surface area contributed by atoms with Crippen molar-refractivity contribution in [3.05, 3.63) is 30.1 Å². The molecule has 0 aliphatic rings. The molecule has 6 heteroatoms. The number of rotatable bonds is 6. The standard InChI is InChI=1S/C18H26N4O2/c1-12(2)22(13(3)4)18(24)11-21-16-9-7-6-8-15(16)20-17(21)10-19-14(5)23/h6-9,12-13H,10-11H2,1-5H3,(H,19,23). The molecule has 1 heterocycles. The van der Waals surface area contributed by atoms with Gasteiger partial charge in [0.05, 0.1) is 17.6 Å². The first kappa shape index (κ1) is 18.0. The third-order valence-electron chi connectivity index (χ3n) is 3.92. The van der Waals surface area contributed by atoms with Gasteiger partial charge in [-0.05, 0) is 39.8 Å². The molecule has 0 saturated carbocycles. The van der Waals surface area contributed by atoms with Crippen LogP contribution in [0.25, 0.3) is 11.0 Å². The number of carbonyl (C=O) groups is 2. The average molecular weight is 330 g/mol. The minimum Gasteiger partial charge on any atom is -0.349 e. The number of para-hydroxylation sites is 2. The summed E-state index contributed by atoms with van der Waals surface area (Å²) in [5.74, 6) is 0.616. The van der Waals surface area contributed by atoms with E-state index in [0.717, 1.165) is 11.0 Å². The number of fused-ring (bicyclic) bond motifs is 1. The van der Waals surface area contributed by atoms with Crippen molar-refractivity contribution in [2.75, 3.05) is 0 Å². The molecule has 0 atom stereocenters. The number of hydrogen-bond donors (Lipinski definition) is 1. The Morgan fingerprint density at radius 3 is 2.38 bits per heavy atom. The van der Waals surface area contributed by atoms with E-state index in [1.807, 2.05) is 61.4 Å². The Kier molecular flexibility index (Phi) is 5.59. The second-order valence-electron chi connectivity index (χ2n) is 6.50. The molecule has 1 N–H and O–H groups in total. The Labute approximate surface area is 142 Å². The number of carbonyl (C=O) groups excluding carboxylic acids is 2. The van der Waals surface area contributed by atoms with Gasteiger partial charge in [0.15, 0.2) is 0 Å². The third kappa shape index (κ3) is 3.93. The van der Waals surface area contributed by atoms with E-state index in [1.54, 1.807) is 0 Å². The molecule has 0 fully saturated rings. The van der Waals surface area contributed by atoms with Crippen LogP contribution in [0, 0.1) is 0 Å². The van der Waals surface area contributed by atoms with Crippen LogP contribution in [0.2, 0.25) is 0 Å². The van der Waals surface area contributed by atoms with Crippen LogP contribution in [0.5, 0.6) is 0 Å². The summed E-state index contributed by atoms with van der Waals surface area (Å²) in [4.78, 5) is 30.5. The lowest BCUT2D eigenvalue weighted by molar-refractivity contribution is -0.135. The monoisotopic (exact) mass is 330 g/mol. The van der Waals surface area contributed by atoms with E-state index in [0.29, 0.717) is 12.4 Å². The van der Waals surface area contributed by atoms with Crippen LogP contribution >= 0.6 is 0 Å². The van der Waals surface area contributed by atoms with Crippen molar-refractivity contribution in [3.63, 3.8) is 0 Å². The second kappa shape index (κ2) is 7.47. The van der Waals surface area contributed by atoms with Crippen LogP contribution in [0.4, 0.5) is 0 Å². The van der Waals surface area contributed by atoms with Crippen molar-refractivity contribution < 1.29 is 9.59 Å². The van der Waals surface area contributed by atoms with E-state index in [4.69, 9.17) is 0 Å². The molecular weight excluding hydrogens is 304 g/mol. The lowest BCUT2D eigenvalue weighted by Gasteiger charge is -2.31. The maximum atomic E-state index is 12.8. The molecule has 0 spiro atoms. The van der Waals surface area contributed by atoms with Crippen molar-refractivity contribution in [1.82, 2.24) is 19.8 Å². The Morgan fingerprint density at radius 1 is 1.17 bits per heavy atom. The highest BCUT2D eigenvalue weighted by atomic mass is 16.2. The van der Waals surface area contributed by atoms with Gasteiger partial charge in [0.25, 0.3) is 0 Å². The quantitative estimate of drug-likeness (QED) is 0.884. The second-order valence-corrected chi connectivity index (χ2v) is 6.50. The van der Waals surface area contributed by atoms with Gasteiger partial charge in [-0.3, -0.25) is 9.59 Å². The fourth-order valence-corrected chi connectivity index (χ4v) is 3.03. The number of hydrogen-bond acceptors (Lipinski definition) is 3. The fourth-order valence-electron chi connectivity index (χ4n) is 3.03. The average Bonchev–Trinajstić information content (AvgIpc) is 2.82. The predicted octanol–water partition coefficient (Wildman–Crippen LogP) is 2.32. The Morgan fingerprint density at radius 2 is 1.79 bits per heavy atom. The maximum Gasteiger partial charge on any atom is 0.243 e. The van der Waals surface area contributed by atoms with Gasteiger partial charge in [-0.25, -0.2) is 4.98 Å². The molecule has 0 aliphatic heterocycles. The topological polar surface area (TPSA) is 67.2 Å². The van der Waals surface area contributed by atoms with Crippen molar-refractivity contribution in [2.45, 2.75) is 59.8 Å². The zero-order valence-electron chi connectivity index (χ0n) is 15.0. The largest absolute Gasteiger partial charge is 0.349 e. The van der Waals surface area contributed by atoms with Gasteiger partial charge in [-0.2, -0.15) is 0 Å². The van der Waals surface area contributed by atoms with Crippen LogP contribution in [0.3, 0.4) is 0 Å². The van der Waals surface area contributed by atoms with E-state index in [1.165, 1.54) is 6.92 Å². The number of nitrogens with zero attached hydrogens (tertiary/aromatic N) is 3. The summed E-state index contributed by atoms with van der Waals surface area (Å²) in [6.07, 6.45) is 0. The minimum atomic E-state index is -0.120. The molecule has 2 aromatic rings. The molecule has 1 aromatic carbocycles. The van der Waals surface area contributed by atoms with Gasteiger partial charge in [-0.15, -0.1) is 0 Å². The lowest BCUT2D eigenvalue weighted by Crippen LogP contribution is -2.44. The van der Waals surface area contributed by atoms with Gasteiger partial charge in [0.1, 0.15) is 12.4 Å². The number of imidazole rings is 1. The highest BCUT2D eigenvalue weighted by molar-refractivity contribution is 5.81. The minimum absolute atomic E-state index is 0.0484. The van der Waals surface area contributed by atoms with Crippen LogP contribution < -0.4 is 5.32 Å². The number of amides is 2. The molecular formula is C18H26N4O2. The van der Waals surface area contributed by atoms with Crippen LogP contribution in [0.15, 0.2) is 24.3 Å². The summed E-state index contributed by atoms with van der Waals surface area (Å²) in [6, 6.07) is 7.96. The summed E-state index contributed by atoms with van der Waals surface area (Å²) in [5, 5.41) is 2.76. The first-order chi connectivity index (χ1) is 11.3. The van der Waals surface area contributed by atoms with E-state index in [2.05, 4.69) is 10.3 Å². The van der Waals surface area contributed by atoms with Crippen molar-refractivity contribution in [2.24, 2.45) is 0 Å². The van der Waals surface area contributed by atoms with Gasteiger partial charge in [-0.1, -0.05) is 12.1 Å². The smallest absolute Gasteiger partial charge is 0.243 e. The van der Waals surface area contributed by atoms with Gasteiger partial charge < -0.3 is 14.8 Å². The Hall–Kier alpha value is -2.37. The molecule has 6 nitrogen and oxygen atoms in total. The van der Waals surface area contributed by atoms with E-state index < -0.39 is 0 Å².